The highest BCUT2D eigenvalue weighted by molar-refractivity contribution is 7.99. The number of urea groups is 1. The first-order valence-electron chi connectivity index (χ1n) is 8.86. The van der Waals surface area contributed by atoms with E-state index in [-0.39, 0.29) is 11.3 Å². The van der Waals surface area contributed by atoms with Gasteiger partial charge in [0, 0.05) is 18.1 Å². The summed E-state index contributed by atoms with van der Waals surface area (Å²) in [6.07, 6.45) is 2.56. The Morgan fingerprint density at radius 3 is 2.74 bits per heavy atom. The van der Waals surface area contributed by atoms with Crippen LogP contribution in [0.1, 0.15) is 33.1 Å². The number of hydrogen-bond donors (Lipinski definition) is 2. The Hall–Kier alpha value is -2.06. The first-order valence-corrected chi connectivity index (χ1v) is 10.2. The summed E-state index contributed by atoms with van der Waals surface area (Å²) in [7, 11) is 0. The van der Waals surface area contributed by atoms with Crippen molar-refractivity contribution < 1.29 is 9.59 Å². The number of carbonyl (C=O) groups is 2. The summed E-state index contributed by atoms with van der Waals surface area (Å²) < 4.78 is 1.55. The first kappa shape index (κ1) is 21.2. The Bertz CT molecular complexity index is 885. The van der Waals surface area contributed by atoms with Crippen LogP contribution in [0.15, 0.2) is 28.2 Å². The van der Waals surface area contributed by atoms with Crippen LogP contribution in [0.2, 0.25) is 5.02 Å². The molecule has 2 rings (SSSR count). The Morgan fingerprint density at radius 2 is 2.04 bits per heavy atom. The maximum absolute atomic E-state index is 12.7. The van der Waals surface area contributed by atoms with Gasteiger partial charge >= 0.3 is 6.03 Å². The fourth-order valence-corrected chi connectivity index (χ4v) is 3.41. The highest BCUT2D eigenvalue weighted by Crippen LogP contribution is 2.20. The van der Waals surface area contributed by atoms with Crippen molar-refractivity contribution in [2.24, 2.45) is 0 Å². The van der Waals surface area contributed by atoms with Crippen LogP contribution in [0.3, 0.4) is 0 Å². The summed E-state index contributed by atoms with van der Waals surface area (Å²) in [6, 6.07) is 4.42. The van der Waals surface area contributed by atoms with Gasteiger partial charge in [0.1, 0.15) is 0 Å². The summed E-state index contributed by atoms with van der Waals surface area (Å²) in [5.41, 5.74) is 0.318. The molecule has 7 nitrogen and oxygen atoms in total. The van der Waals surface area contributed by atoms with Crippen molar-refractivity contribution in [1.29, 1.82) is 0 Å². The number of aromatic nitrogens is 2. The highest BCUT2D eigenvalue weighted by atomic mass is 35.5. The third-order valence-corrected chi connectivity index (χ3v) is 4.94. The topological polar surface area (TPSA) is 93.1 Å². The van der Waals surface area contributed by atoms with E-state index in [1.54, 1.807) is 22.8 Å². The van der Waals surface area contributed by atoms with Crippen molar-refractivity contribution in [2.45, 2.75) is 44.8 Å². The Kier molecular flexibility index (Phi) is 8.12. The molecule has 3 amide bonds. The smallest absolute Gasteiger partial charge is 0.321 e. The molecule has 0 aliphatic heterocycles. The molecule has 0 bridgehead atoms. The second kappa shape index (κ2) is 10.3. The van der Waals surface area contributed by atoms with Gasteiger partial charge in [0.25, 0.3) is 5.56 Å². The first-order chi connectivity index (χ1) is 13.0. The largest absolute Gasteiger partial charge is 0.338 e. The summed E-state index contributed by atoms with van der Waals surface area (Å²) in [5, 5.41) is 6.29. The second-order valence-electron chi connectivity index (χ2n) is 5.96. The number of hydrogen-bond acceptors (Lipinski definition) is 5. The molecule has 0 spiro atoms. The maximum Gasteiger partial charge on any atom is 0.321 e. The Labute approximate surface area is 166 Å². The predicted molar refractivity (Wildman–Crippen MR) is 108 cm³/mol. The van der Waals surface area contributed by atoms with Crippen LogP contribution >= 0.6 is 23.4 Å². The summed E-state index contributed by atoms with van der Waals surface area (Å²) >= 11 is 7.11. The molecule has 27 heavy (non-hydrogen) atoms. The number of imide groups is 1. The minimum Gasteiger partial charge on any atom is -0.338 e. The molecule has 146 valence electrons. The van der Waals surface area contributed by atoms with E-state index in [1.165, 1.54) is 0 Å². The van der Waals surface area contributed by atoms with E-state index in [0.717, 1.165) is 31.0 Å². The number of carbonyl (C=O) groups excluding carboxylic acids is 2. The Morgan fingerprint density at radius 1 is 1.26 bits per heavy atom. The minimum absolute atomic E-state index is 0.0244. The van der Waals surface area contributed by atoms with Crippen LogP contribution < -0.4 is 16.2 Å². The average molecular weight is 411 g/mol. The predicted octanol–water partition coefficient (Wildman–Crippen LogP) is 3.18. The molecule has 0 saturated carbocycles. The zero-order chi connectivity index (χ0) is 19.8. The van der Waals surface area contributed by atoms with Gasteiger partial charge in [0.15, 0.2) is 5.16 Å². The second-order valence-corrected chi connectivity index (χ2v) is 7.34. The van der Waals surface area contributed by atoms with Crippen LogP contribution in [0.5, 0.6) is 0 Å². The average Bonchev–Trinajstić information content (AvgIpc) is 2.62. The van der Waals surface area contributed by atoms with Gasteiger partial charge < -0.3 is 5.32 Å². The number of thioether (sulfide) groups is 1. The van der Waals surface area contributed by atoms with Crippen molar-refractivity contribution in [2.75, 3.05) is 12.3 Å². The van der Waals surface area contributed by atoms with Crippen molar-refractivity contribution in [1.82, 2.24) is 20.2 Å². The van der Waals surface area contributed by atoms with Crippen molar-refractivity contribution >= 4 is 46.2 Å². The van der Waals surface area contributed by atoms with Gasteiger partial charge in [-0.1, -0.05) is 43.6 Å². The number of rotatable bonds is 8. The Balaban J connectivity index is 2.12. The lowest BCUT2D eigenvalue weighted by Gasteiger charge is -2.12. The number of unbranched alkanes of at least 4 members (excludes halogenated alkanes) is 1. The number of halogens is 1. The standard InChI is InChI=1S/C18H23ClN4O3S/c1-3-5-8-20-17(26)22-15(24)11-27-18-21-14-10-12(19)6-7-13(14)16(25)23(18)9-4-2/h6-7,10H,3-5,8-9,11H2,1-2H3,(H2,20,22,24,26). The molecule has 0 aliphatic rings. The van der Waals surface area contributed by atoms with Gasteiger partial charge in [-0.15, -0.1) is 0 Å². The molecule has 0 atom stereocenters. The number of amides is 3. The fraction of sp³-hybridized carbons (Fsp3) is 0.444. The van der Waals surface area contributed by atoms with E-state index in [0.29, 0.717) is 34.2 Å². The van der Waals surface area contributed by atoms with Gasteiger partial charge in [0.05, 0.1) is 16.7 Å². The molecule has 0 fully saturated rings. The van der Waals surface area contributed by atoms with E-state index in [1.807, 2.05) is 13.8 Å². The highest BCUT2D eigenvalue weighted by Gasteiger charge is 2.14. The van der Waals surface area contributed by atoms with Gasteiger partial charge in [0.2, 0.25) is 5.91 Å². The molecule has 1 aromatic heterocycles. The van der Waals surface area contributed by atoms with Crippen LogP contribution in [-0.2, 0) is 11.3 Å². The van der Waals surface area contributed by atoms with Crippen molar-refractivity contribution in [3.8, 4) is 0 Å². The van der Waals surface area contributed by atoms with Gasteiger partial charge in [-0.3, -0.25) is 19.5 Å². The molecule has 2 aromatic rings. The van der Waals surface area contributed by atoms with Crippen LogP contribution in [0.25, 0.3) is 10.9 Å². The van der Waals surface area contributed by atoms with Crippen LogP contribution in [0.4, 0.5) is 4.79 Å². The monoisotopic (exact) mass is 410 g/mol. The summed E-state index contributed by atoms with van der Waals surface area (Å²) in [6.45, 7) is 4.99. The lowest BCUT2D eigenvalue weighted by Crippen LogP contribution is -2.40. The van der Waals surface area contributed by atoms with Crippen molar-refractivity contribution in [3.05, 3.63) is 33.6 Å². The molecule has 1 aromatic carbocycles. The quantitative estimate of drug-likeness (QED) is 0.396. The molecule has 0 aliphatic carbocycles. The number of fused-ring (bicyclic) bond motifs is 1. The number of nitrogens with zero attached hydrogens (tertiary/aromatic N) is 2. The molecule has 9 heteroatoms. The molecular formula is C18H23ClN4O3S. The van der Waals surface area contributed by atoms with Gasteiger partial charge in [-0.2, -0.15) is 0 Å². The fourth-order valence-electron chi connectivity index (χ4n) is 2.42. The molecule has 0 radical (unpaired) electrons. The summed E-state index contributed by atoms with van der Waals surface area (Å²) in [4.78, 5) is 40.8. The number of benzene rings is 1. The van der Waals surface area contributed by atoms with Gasteiger partial charge in [-0.05, 0) is 31.0 Å². The SMILES string of the molecule is CCCCNC(=O)NC(=O)CSc1nc2cc(Cl)ccc2c(=O)n1CCC. The normalized spacial score (nSPS) is 10.8. The minimum atomic E-state index is -0.516. The third-order valence-electron chi connectivity index (χ3n) is 3.73. The van der Waals surface area contributed by atoms with E-state index in [4.69, 9.17) is 11.6 Å². The molecule has 1 heterocycles. The lowest BCUT2D eigenvalue weighted by atomic mass is 10.2. The van der Waals surface area contributed by atoms with E-state index >= 15 is 0 Å². The maximum atomic E-state index is 12.7. The van der Waals surface area contributed by atoms with Gasteiger partial charge in [-0.25, -0.2) is 9.78 Å². The van der Waals surface area contributed by atoms with E-state index < -0.39 is 11.9 Å². The molecular weight excluding hydrogens is 388 g/mol. The zero-order valence-electron chi connectivity index (χ0n) is 15.4. The van der Waals surface area contributed by atoms with E-state index in [9.17, 15) is 14.4 Å². The van der Waals surface area contributed by atoms with Crippen molar-refractivity contribution in [3.63, 3.8) is 0 Å². The van der Waals surface area contributed by atoms with E-state index in [2.05, 4.69) is 15.6 Å². The van der Waals surface area contributed by atoms with Crippen LogP contribution in [-0.4, -0.2) is 33.8 Å². The third kappa shape index (κ3) is 5.97. The van der Waals surface area contributed by atoms with Crippen LogP contribution in [0, 0.1) is 0 Å². The molecule has 0 unspecified atom stereocenters. The molecule has 0 saturated heterocycles. The summed E-state index contributed by atoms with van der Waals surface area (Å²) in [5.74, 6) is -0.471. The zero-order valence-corrected chi connectivity index (χ0v) is 17.0. The number of nitrogens with one attached hydrogen (secondary N) is 2. The molecule has 2 N–H and O–H groups in total. The lowest BCUT2D eigenvalue weighted by molar-refractivity contribution is -0.117.